The van der Waals surface area contributed by atoms with Crippen LogP contribution >= 0.6 is 0 Å². The van der Waals surface area contributed by atoms with Gasteiger partial charge in [0.1, 0.15) is 12.1 Å². The first-order chi connectivity index (χ1) is 9.03. The van der Waals surface area contributed by atoms with E-state index in [1.54, 1.807) is 0 Å². The molecule has 4 atom stereocenters. The van der Waals surface area contributed by atoms with Crippen LogP contribution < -0.4 is 0 Å². The summed E-state index contributed by atoms with van der Waals surface area (Å²) < 4.78 is 0. The van der Waals surface area contributed by atoms with Crippen LogP contribution in [0.1, 0.15) is 58.8 Å². The minimum Gasteiger partial charge on any atom is -0.302 e. The lowest BCUT2D eigenvalue weighted by Gasteiger charge is -2.56. The van der Waals surface area contributed by atoms with Crippen molar-refractivity contribution in [2.45, 2.75) is 58.8 Å². The van der Waals surface area contributed by atoms with Crippen molar-refractivity contribution in [3.05, 3.63) is 11.6 Å². The van der Waals surface area contributed by atoms with E-state index in [0.717, 1.165) is 38.5 Å². The number of rotatable bonds is 1. The number of hydrogen-bond donors (Lipinski definition) is 0. The van der Waals surface area contributed by atoms with E-state index in [4.69, 9.17) is 0 Å². The van der Waals surface area contributed by atoms with E-state index in [1.807, 2.05) is 0 Å². The van der Waals surface area contributed by atoms with E-state index in [2.05, 4.69) is 19.9 Å². The summed E-state index contributed by atoms with van der Waals surface area (Å²) in [6.07, 6.45) is 10.5. The van der Waals surface area contributed by atoms with E-state index < -0.39 is 0 Å². The van der Waals surface area contributed by atoms with Crippen molar-refractivity contribution in [3.8, 4) is 0 Å². The summed E-state index contributed by atoms with van der Waals surface area (Å²) in [5.41, 5.74) is 1.29. The smallest absolute Gasteiger partial charge is 0.136 e. The highest BCUT2D eigenvalue weighted by molar-refractivity contribution is 5.82. The van der Waals surface area contributed by atoms with Crippen molar-refractivity contribution in [2.24, 2.45) is 22.7 Å². The Labute approximate surface area is 115 Å². The number of ketones is 1. The zero-order chi connectivity index (χ0) is 13.7. The highest BCUT2D eigenvalue weighted by Crippen LogP contribution is 2.61. The Balaban J connectivity index is 2.05. The fourth-order valence-corrected chi connectivity index (χ4v) is 5.13. The van der Waals surface area contributed by atoms with Gasteiger partial charge in [0.2, 0.25) is 0 Å². The molecule has 0 aromatic carbocycles. The van der Waals surface area contributed by atoms with E-state index in [-0.39, 0.29) is 16.7 Å². The van der Waals surface area contributed by atoms with Gasteiger partial charge in [-0.3, -0.25) is 4.79 Å². The zero-order valence-corrected chi connectivity index (χ0v) is 12.1. The van der Waals surface area contributed by atoms with Gasteiger partial charge in [0.25, 0.3) is 0 Å². The van der Waals surface area contributed by atoms with Crippen LogP contribution in [0.5, 0.6) is 0 Å². The topological polar surface area (TPSA) is 34.1 Å². The average molecular weight is 260 g/mol. The summed E-state index contributed by atoms with van der Waals surface area (Å²) >= 11 is 0. The molecular weight excluding hydrogens is 236 g/mol. The van der Waals surface area contributed by atoms with Gasteiger partial charge in [-0.1, -0.05) is 25.5 Å². The SMILES string of the molecule is C[C@H]1C(=O)CC[C@]2(C)C3=CCCC[C@]3(C=O)CC[C@@H]12. The zero-order valence-electron chi connectivity index (χ0n) is 12.1. The minimum absolute atomic E-state index is 0.0902. The van der Waals surface area contributed by atoms with Gasteiger partial charge in [-0.2, -0.15) is 0 Å². The maximum absolute atomic E-state index is 12.0. The monoisotopic (exact) mass is 260 g/mol. The third-order valence-electron chi connectivity index (χ3n) is 6.27. The third kappa shape index (κ3) is 1.68. The first kappa shape index (κ1) is 13.1. The van der Waals surface area contributed by atoms with E-state index in [1.165, 1.54) is 11.9 Å². The molecule has 2 fully saturated rings. The van der Waals surface area contributed by atoms with Gasteiger partial charge in [0, 0.05) is 17.8 Å². The van der Waals surface area contributed by atoms with Crippen LogP contribution in [-0.4, -0.2) is 12.1 Å². The van der Waals surface area contributed by atoms with Crippen LogP contribution in [-0.2, 0) is 9.59 Å². The predicted octanol–water partition coefficient (Wildman–Crippen LogP) is 3.70. The second-order valence-corrected chi connectivity index (χ2v) is 7.10. The normalized spacial score (nSPS) is 46.0. The fourth-order valence-electron chi connectivity index (χ4n) is 5.13. The Morgan fingerprint density at radius 3 is 2.84 bits per heavy atom. The molecule has 3 aliphatic rings. The van der Waals surface area contributed by atoms with Gasteiger partial charge in [-0.25, -0.2) is 0 Å². The summed E-state index contributed by atoms with van der Waals surface area (Å²) in [6, 6.07) is 0. The van der Waals surface area contributed by atoms with Gasteiger partial charge in [0.05, 0.1) is 0 Å². The first-order valence-corrected chi connectivity index (χ1v) is 7.74. The minimum atomic E-state index is -0.191. The molecule has 2 nitrogen and oxygen atoms in total. The molecule has 0 aromatic heterocycles. The Kier molecular flexibility index (Phi) is 2.95. The second-order valence-electron chi connectivity index (χ2n) is 7.10. The molecule has 0 saturated heterocycles. The molecule has 3 rings (SSSR count). The molecule has 0 aromatic rings. The van der Waals surface area contributed by atoms with Crippen LogP contribution in [0.3, 0.4) is 0 Å². The van der Waals surface area contributed by atoms with Gasteiger partial charge in [-0.05, 0) is 49.9 Å². The summed E-state index contributed by atoms with van der Waals surface area (Å²) in [5.74, 6) is 1.05. The number of carbonyl (C=O) groups is 2. The van der Waals surface area contributed by atoms with Crippen molar-refractivity contribution in [1.82, 2.24) is 0 Å². The van der Waals surface area contributed by atoms with Crippen LogP contribution in [0.4, 0.5) is 0 Å². The van der Waals surface area contributed by atoms with E-state index in [9.17, 15) is 9.59 Å². The molecule has 2 saturated carbocycles. The summed E-state index contributed by atoms with van der Waals surface area (Å²) in [5, 5.41) is 0. The molecule has 0 N–H and O–H groups in total. The maximum Gasteiger partial charge on any atom is 0.136 e. The number of aldehydes is 1. The molecule has 19 heavy (non-hydrogen) atoms. The lowest BCUT2D eigenvalue weighted by Crippen LogP contribution is -2.51. The molecule has 0 amide bonds. The summed E-state index contributed by atoms with van der Waals surface area (Å²) in [4.78, 5) is 23.8. The van der Waals surface area contributed by atoms with Crippen LogP contribution in [0.25, 0.3) is 0 Å². The van der Waals surface area contributed by atoms with Crippen molar-refractivity contribution in [3.63, 3.8) is 0 Å². The van der Waals surface area contributed by atoms with Gasteiger partial charge in [-0.15, -0.1) is 0 Å². The third-order valence-corrected chi connectivity index (χ3v) is 6.27. The van der Waals surface area contributed by atoms with Crippen LogP contribution in [0.2, 0.25) is 0 Å². The molecule has 0 unspecified atom stereocenters. The number of allylic oxidation sites excluding steroid dienone is 2. The highest BCUT2D eigenvalue weighted by atomic mass is 16.1. The fraction of sp³-hybridized carbons (Fsp3) is 0.765. The Bertz CT molecular complexity index is 450. The summed E-state index contributed by atoms with van der Waals surface area (Å²) in [6.45, 7) is 4.41. The molecule has 0 bridgehead atoms. The summed E-state index contributed by atoms with van der Waals surface area (Å²) in [7, 11) is 0. The quantitative estimate of drug-likeness (QED) is 0.532. The second kappa shape index (κ2) is 4.29. The molecule has 0 heterocycles. The van der Waals surface area contributed by atoms with Crippen molar-refractivity contribution >= 4 is 12.1 Å². The molecule has 0 spiro atoms. The van der Waals surface area contributed by atoms with E-state index in [0.29, 0.717) is 18.1 Å². The number of carbonyl (C=O) groups excluding carboxylic acids is 2. The molecule has 104 valence electrons. The largest absolute Gasteiger partial charge is 0.302 e. The van der Waals surface area contributed by atoms with Crippen molar-refractivity contribution in [2.75, 3.05) is 0 Å². The number of hydrogen-bond acceptors (Lipinski definition) is 2. The van der Waals surface area contributed by atoms with Gasteiger partial charge < -0.3 is 4.79 Å². The maximum atomic E-state index is 12.0. The lowest BCUT2D eigenvalue weighted by molar-refractivity contribution is -0.133. The standard InChI is InChI=1S/C17H24O2/c1-12-13-6-10-17(11-18)8-4-3-5-15(17)16(13,2)9-7-14(12)19/h5,11-13H,3-4,6-10H2,1-2H3/t12-,13+,16+,17-/m1/s1. The van der Waals surface area contributed by atoms with Crippen molar-refractivity contribution < 1.29 is 9.59 Å². The first-order valence-electron chi connectivity index (χ1n) is 7.74. The van der Waals surface area contributed by atoms with Gasteiger partial charge in [0.15, 0.2) is 0 Å². The Morgan fingerprint density at radius 1 is 1.32 bits per heavy atom. The highest BCUT2D eigenvalue weighted by Gasteiger charge is 2.55. The van der Waals surface area contributed by atoms with Gasteiger partial charge >= 0.3 is 0 Å². The van der Waals surface area contributed by atoms with E-state index >= 15 is 0 Å². The molecular formula is C17H24O2. The Hall–Kier alpha value is -0.920. The predicted molar refractivity (Wildman–Crippen MR) is 74.7 cm³/mol. The molecule has 2 heteroatoms. The van der Waals surface area contributed by atoms with Crippen LogP contribution in [0, 0.1) is 22.7 Å². The lowest BCUT2D eigenvalue weighted by atomic mass is 9.47. The molecule has 3 aliphatic carbocycles. The average Bonchev–Trinajstić information content (AvgIpc) is 2.43. The van der Waals surface area contributed by atoms with Crippen LogP contribution in [0.15, 0.2) is 11.6 Å². The molecule has 0 aliphatic heterocycles. The Morgan fingerprint density at radius 2 is 2.11 bits per heavy atom. The number of fused-ring (bicyclic) bond motifs is 3. The van der Waals surface area contributed by atoms with Crippen molar-refractivity contribution in [1.29, 1.82) is 0 Å². The molecule has 0 radical (unpaired) electrons. The number of Topliss-reactive ketones (excluding diaryl/α,β-unsaturated/α-hetero) is 1.